The van der Waals surface area contributed by atoms with Crippen LogP contribution in [-0.2, 0) is 0 Å². The monoisotopic (exact) mass is 775 g/mol. The van der Waals surface area contributed by atoms with Crippen molar-refractivity contribution in [2.45, 2.75) is 0 Å². The van der Waals surface area contributed by atoms with Crippen molar-refractivity contribution in [3.8, 4) is 11.5 Å². The Labute approximate surface area is 352 Å². The normalized spacial score (nSPS) is 10.7. The maximum Gasteiger partial charge on any atom is 0.632 e. The second kappa shape index (κ2) is 18.1. The molecule has 0 radical (unpaired) electrons. The van der Waals surface area contributed by atoms with Crippen LogP contribution in [0.1, 0.15) is 0 Å². The van der Waals surface area contributed by atoms with Gasteiger partial charge in [-0.2, -0.15) is 0 Å². The Kier molecular flexibility index (Phi) is 11.3. The molecule has 0 atom stereocenters. The van der Waals surface area contributed by atoms with E-state index in [0.29, 0.717) is 11.5 Å². The largest absolute Gasteiger partial charge is 0.632 e. The maximum absolute atomic E-state index is 6.77. The van der Waals surface area contributed by atoms with E-state index in [-0.39, 0.29) is 0 Å². The fraction of sp³-hybridized carbons (Fsp3) is 0. The second-order valence-corrected chi connectivity index (χ2v) is 14.2. The summed E-state index contributed by atoms with van der Waals surface area (Å²) in [6.45, 7) is 0. The highest BCUT2D eigenvalue weighted by Crippen LogP contribution is 2.37. The molecule has 5 nitrogen and oxygen atoms in total. The van der Waals surface area contributed by atoms with E-state index in [1.165, 1.54) is 0 Å². The van der Waals surface area contributed by atoms with Crippen molar-refractivity contribution < 1.29 is 9.31 Å². The second-order valence-electron chi connectivity index (χ2n) is 14.2. The van der Waals surface area contributed by atoms with Gasteiger partial charge in [0.15, 0.2) is 0 Å². The first kappa shape index (κ1) is 37.6. The Bertz CT molecular complexity index is 2430. The van der Waals surface area contributed by atoms with Gasteiger partial charge in [0.2, 0.25) is 0 Å². The zero-order valence-corrected chi connectivity index (χ0v) is 33.0. The minimum Gasteiger partial charge on any atom is -0.522 e. The van der Waals surface area contributed by atoms with Crippen LogP contribution in [0.5, 0.6) is 11.5 Å². The van der Waals surface area contributed by atoms with E-state index in [9.17, 15) is 0 Å². The molecule has 0 saturated heterocycles. The molecule has 0 spiro atoms. The van der Waals surface area contributed by atoms with Crippen LogP contribution in [0.25, 0.3) is 0 Å². The Balaban J connectivity index is 1.04. The molecule has 9 aromatic rings. The smallest absolute Gasteiger partial charge is 0.522 e. The molecule has 0 amide bonds. The summed E-state index contributed by atoms with van der Waals surface area (Å²) in [4.78, 5) is 6.71. The summed E-state index contributed by atoms with van der Waals surface area (Å²) < 4.78 is 13.5. The van der Waals surface area contributed by atoms with Gasteiger partial charge < -0.3 is 24.0 Å². The first-order valence-corrected chi connectivity index (χ1v) is 20.1. The molecule has 0 unspecified atom stereocenters. The van der Waals surface area contributed by atoms with Crippen molar-refractivity contribution in [1.29, 1.82) is 0 Å². The highest BCUT2D eigenvalue weighted by atomic mass is 16.6. The van der Waals surface area contributed by atoms with E-state index < -0.39 is 7.12 Å². The summed E-state index contributed by atoms with van der Waals surface area (Å²) in [6, 6.07) is 87.1. The van der Waals surface area contributed by atoms with Gasteiger partial charge in [-0.3, -0.25) is 0 Å². The fourth-order valence-corrected chi connectivity index (χ4v) is 7.34. The molecule has 0 N–H and O–H groups in total. The molecule has 9 aromatic carbocycles. The van der Waals surface area contributed by atoms with Gasteiger partial charge in [-0.1, -0.05) is 121 Å². The standard InChI is InChI=1S/C54H42BN3O2/c1-7-19-44(20-8-1)56(45-21-9-2-10-22-45)50-33-31-43(32-34-50)55(59-53-39-35-51(36-40-53)57(46-23-11-3-12-24-46)47-25-13-4-14-26-47)60-54-41-37-52(38-42-54)58(48-27-15-5-16-28-48)49-29-17-6-18-30-49/h1-42H. The molecule has 0 aliphatic carbocycles. The lowest BCUT2D eigenvalue weighted by molar-refractivity contribution is 0.439. The van der Waals surface area contributed by atoms with E-state index in [0.717, 1.165) is 56.6 Å². The lowest BCUT2D eigenvalue weighted by Gasteiger charge is -2.26. The van der Waals surface area contributed by atoms with Crippen LogP contribution in [0.15, 0.2) is 255 Å². The lowest BCUT2D eigenvalue weighted by Crippen LogP contribution is -2.42. The van der Waals surface area contributed by atoms with Gasteiger partial charge in [0.25, 0.3) is 0 Å². The minimum atomic E-state index is -0.753. The molecule has 0 aliphatic rings. The Morgan fingerprint density at radius 3 is 0.650 bits per heavy atom. The summed E-state index contributed by atoms with van der Waals surface area (Å²) in [7, 11) is -0.753. The van der Waals surface area contributed by atoms with Crippen molar-refractivity contribution in [2.75, 3.05) is 14.7 Å². The lowest BCUT2D eigenvalue weighted by atomic mass is 9.78. The van der Waals surface area contributed by atoms with Gasteiger partial charge in [-0.15, -0.1) is 0 Å². The van der Waals surface area contributed by atoms with Crippen LogP contribution in [0.2, 0.25) is 0 Å². The number of rotatable bonds is 14. The van der Waals surface area contributed by atoms with E-state index in [2.05, 4.69) is 209 Å². The van der Waals surface area contributed by atoms with Crippen LogP contribution in [0.3, 0.4) is 0 Å². The molecule has 6 heteroatoms. The third-order valence-electron chi connectivity index (χ3n) is 10.2. The average Bonchev–Trinajstić information content (AvgIpc) is 3.32. The molecule has 288 valence electrons. The predicted molar refractivity (Wildman–Crippen MR) is 250 cm³/mol. The van der Waals surface area contributed by atoms with Crippen LogP contribution in [0, 0.1) is 0 Å². The molecule has 0 saturated carbocycles. The highest BCUT2D eigenvalue weighted by Gasteiger charge is 2.28. The van der Waals surface area contributed by atoms with Gasteiger partial charge in [0.1, 0.15) is 11.5 Å². The highest BCUT2D eigenvalue weighted by molar-refractivity contribution is 6.62. The first-order chi connectivity index (χ1) is 29.8. The number of benzene rings is 9. The van der Waals surface area contributed by atoms with Crippen molar-refractivity contribution in [3.63, 3.8) is 0 Å². The summed E-state index contributed by atoms with van der Waals surface area (Å²) in [5, 5.41) is 0. The number of hydrogen-bond acceptors (Lipinski definition) is 5. The number of anilines is 9. The molecule has 0 bridgehead atoms. The van der Waals surface area contributed by atoms with Crippen LogP contribution >= 0.6 is 0 Å². The molecule has 0 aromatic heterocycles. The predicted octanol–water partition coefficient (Wildman–Crippen LogP) is 13.9. The summed E-state index contributed by atoms with van der Waals surface area (Å²) in [5.41, 5.74) is 10.3. The summed E-state index contributed by atoms with van der Waals surface area (Å²) in [5.74, 6) is 1.36. The van der Waals surface area contributed by atoms with E-state index in [4.69, 9.17) is 9.31 Å². The topological polar surface area (TPSA) is 28.2 Å². The zero-order chi connectivity index (χ0) is 40.4. The van der Waals surface area contributed by atoms with Crippen molar-refractivity contribution >= 4 is 63.8 Å². The van der Waals surface area contributed by atoms with Gasteiger partial charge in [0, 0.05) is 56.6 Å². The first-order valence-electron chi connectivity index (χ1n) is 20.1. The summed E-state index contributed by atoms with van der Waals surface area (Å²) in [6.07, 6.45) is 0. The van der Waals surface area contributed by atoms with Crippen LogP contribution in [-0.4, -0.2) is 7.12 Å². The van der Waals surface area contributed by atoms with E-state index >= 15 is 0 Å². The number of hydrogen-bond donors (Lipinski definition) is 0. The van der Waals surface area contributed by atoms with Crippen molar-refractivity contribution in [3.05, 3.63) is 255 Å². The van der Waals surface area contributed by atoms with Gasteiger partial charge in [-0.25, -0.2) is 0 Å². The zero-order valence-electron chi connectivity index (χ0n) is 33.0. The maximum atomic E-state index is 6.77. The number of para-hydroxylation sites is 6. The SMILES string of the molecule is c1ccc(N(c2ccccc2)c2ccc(OB(Oc3ccc(N(c4ccccc4)c4ccccc4)cc3)c3ccc(N(c4ccccc4)c4ccccc4)cc3)cc2)cc1. The molecule has 9 rings (SSSR count). The molecule has 0 aliphatic heterocycles. The van der Waals surface area contributed by atoms with Gasteiger partial charge in [-0.05, 0) is 133 Å². The van der Waals surface area contributed by atoms with E-state index in [1.54, 1.807) is 0 Å². The Morgan fingerprint density at radius 1 is 0.217 bits per heavy atom. The van der Waals surface area contributed by atoms with Crippen LogP contribution < -0.4 is 29.5 Å². The molecule has 0 heterocycles. The van der Waals surface area contributed by atoms with Gasteiger partial charge in [0.05, 0.1) is 0 Å². The Morgan fingerprint density at radius 2 is 0.417 bits per heavy atom. The summed E-state index contributed by atoms with van der Waals surface area (Å²) >= 11 is 0. The average molecular weight is 776 g/mol. The quantitative estimate of drug-likeness (QED) is 0.103. The van der Waals surface area contributed by atoms with Gasteiger partial charge >= 0.3 is 7.12 Å². The third-order valence-corrected chi connectivity index (χ3v) is 10.2. The molecular formula is C54H42BN3O2. The molecule has 0 fully saturated rings. The molecule has 60 heavy (non-hydrogen) atoms. The minimum absolute atomic E-state index is 0.681. The van der Waals surface area contributed by atoms with Crippen LogP contribution in [0.4, 0.5) is 51.2 Å². The molecular weight excluding hydrogens is 733 g/mol. The third kappa shape index (κ3) is 8.64. The van der Waals surface area contributed by atoms with E-state index in [1.807, 2.05) is 60.7 Å². The number of nitrogens with zero attached hydrogens (tertiary/aromatic N) is 3. The van der Waals surface area contributed by atoms with Crippen molar-refractivity contribution in [2.24, 2.45) is 0 Å². The fourth-order valence-electron chi connectivity index (χ4n) is 7.34. The van der Waals surface area contributed by atoms with Crippen molar-refractivity contribution in [1.82, 2.24) is 0 Å². The Hall–Kier alpha value is -7.96.